The number of H-pyrrole nitrogens is 1. The van der Waals surface area contributed by atoms with Crippen LogP contribution < -0.4 is 14.8 Å². The molecular formula is C21H18F2N4O3S. The van der Waals surface area contributed by atoms with Crippen LogP contribution in [0, 0.1) is 6.92 Å². The van der Waals surface area contributed by atoms with Crippen molar-refractivity contribution in [1.82, 2.24) is 15.0 Å². The molecule has 0 saturated carbocycles. The fraction of sp³-hybridized carbons (Fsp3) is 0.190. The number of amides is 1. The average Bonchev–Trinajstić information content (AvgIpc) is 3.36. The van der Waals surface area contributed by atoms with Crippen molar-refractivity contribution in [3.8, 4) is 22.1 Å². The number of aryl methyl sites for hydroxylation is 1. The van der Waals surface area contributed by atoms with E-state index >= 15 is 0 Å². The molecule has 4 aromatic rings. The summed E-state index contributed by atoms with van der Waals surface area (Å²) < 4.78 is 36.2. The third-order valence-corrected chi connectivity index (χ3v) is 5.80. The molecule has 7 nitrogen and oxygen atoms in total. The van der Waals surface area contributed by atoms with E-state index in [1.807, 2.05) is 6.07 Å². The van der Waals surface area contributed by atoms with Gasteiger partial charge in [0.05, 0.1) is 30.9 Å². The summed E-state index contributed by atoms with van der Waals surface area (Å²) in [6.07, 6.45) is -2.69. The Bertz CT molecular complexity index is 1270. The highest BCUT2D eigenvalue weighted by atomic mass is 32.1. The van der Waals surface area contributed by atoms with E-state index in [0.29, 0.717) is 43.8 Å². The van der Waals surface area contributed by atoms with Gasteiger partial charge in [-0.2, -0.15) is 0 Å². The Hall–Kier alpha value is -3.53. The molecule has 0 aliphatic rings. The van der Waals surface area contributed by atoms with Crippen molar-refractivity contribution < 1.29 is 23.0 Å². The van der Waals surface area contributed by atoms with Crippen molar-refractivity contribution in [2.24, 2.45) is 0 Å². The Labute approximate surface area is 180 Å². The summed E-state index contributed by atoms with van der Waals surface area (Å²) in [7, 11) is 3.11. The largest absolute Gasteiger partial charge is 0.493 e. The van der Waals surface area contributed by atoms with Gasteiger partial charge in [0.1, 0.15) is 9.88 Å². The number of carbonyl (C=O) groups is 1. The summed E-state index contributed by atoms with van der Waals surface area (Å²) in [4.78, 5) is 24.2. The molecule has 160 valence electrons. The molecule has 0 saturated heterocycles. The smallest absolute Gasteiger partial charge is 0.295 e. The van der Waals surface area contributed by atoms with Crippen molar-refractivity contribution >= 4 is 34.0 Å². The van der Waals surface area contributed by atoms with E-state index in [9.17, 15) is 13.6 Å². The second-order valence-corrected chi connectivity index (χ2v) is 7.61. The van der Waals surface area contributed by atoms with E-state index < -0.39 is 12.2 Å². The number of benzene rings is 2. The molecular weight excluding hydrogens is 426 g/mol. The van der Waals surface area contributed by atoms with Gasteiger partial charge >= 0.3 is 0 Å². The maximum Gasteiger partial charge on any atom is 0.295 e. The fourth-order valence-corrected chi connectivity index (χ4v) is 4.06. The van der Waals surface area contributed by atoms with Gasteiger partial charge in [0.15, 0.2) is 17.3 Å². The van der Waals surface area contributed by atoms with E-state index in [-0.39, 0.29) is 5.91 Å². The number of aromatic nitrogens is 3. The Morgan fingerprint density at radius 2 is 1.87 bits per heavy atom. The second-order valence-electron chi connectivity index (χ2n) is 6.61. The first-order valence-electron chi connectivity index (χ1n) is 9.18. The Balaban J connectivity index is 1.58. The number of hydrogen-bond acceptors (Lipinski definition) is 6. The standard InChI is InChI=1S/C21H18F2N4O3S/c1-10-17(31-21(24-10)11-4-7-15(29-2)16(8-11)30-3)20(28)25-12-5-6-13-14(9-12)27-19(26-13)18(22)23/h4-9,18H,1-3H3,(H,25,28)(H,26,27). The predicted molar refractivity (Wildman–Crippen MR) is 114 cm³/mol. The Morgan fingerprint density at radius 1 is 1.10 bits per heavy atom. The van der Waals surface area contributed by atoms with Gasteiger partial charge in [-0.1, -0.05) is 0 Å². The normalized spacial score (nSPS) is 11.2. The molecule has 0 radical (unpaired) electrons. The number of anilines is 1. The number of thiazole rings is 1. The van der Waals surface area contributed by atoms with Crippen molar-refractivity contribution in [3.63, 3.8) is 0 Å². The molecule has 0 atom stereocenters. The number of alkyl halides is 2. The van der Waals surface area contributed by atoms with Gasteiger partial charge in [0.25, 0.3) is 12.3 Å². The lowest BCUT2D eigenvalue weighted by Gasteiger charge is -2.08. The van der Waals surface area contributed by atoms with Crippen LogP contribution in [0.4, 0.5) is 14.5 Å². The number of nitrogens with zero attached hydrogens (tertiary/aromatic N) is 2. The van der Waals surface area contributed by atoms with Crippen molar-refractivity contribution in [2.75, 3.05) is 19.5 Å². The van der Waals surface area contributed by atoms with E-state index in [2.05, 4.69) is 20.3 Å². The first kappa shape index (κ1) is 20.7. The molecule has 2 aromatic carbocycles. The summed E-state index contributed by atoms with van der Waals surface area (Å²) >= 11 is 1.25. The fourth-order valence-electron chi connectivity index (χ4n) is 3.10. The number of rotatable bonds is 6. The number of methoxy groups -OCH3 is 2. The van der Waals surface area contributed by atoms with Crippen LogP contribution in [0.5, 0.6) is 11.5 Å². The molecule has 2 heterocycles. The predicted octanol–water partition coefficient (Wildman–Crippen LogP) is 5.20. The highest BCUT2D eigenvalue weighted by molar-refractivity contribution is 7.17. The second kappa shape index (κ2) is 8.31. The molecule has 1 amide bonds. The zero-order valence-corrected chi connectivity index (χ0v) is 17.6. The van der Waals surface area contributed by atoms with Gasteiger partial charge in [0, 0.05) is 11.3 Å². The number of ether oxygens (including phenoxy) is 2. The highest BCUT2D eigenvalue weighted by Crippen LogP contribution is 2.35. The molecule has 0 bridgehead atoms. The van der Waals surface area contributed by atoms with Crippen LogP contribution in [0.2, 0.25) is 0 Å². The zero-order chi connectivity index (χ0) is 22.1. The van der Waals surface area contributed by atoms with Crippen molar-refractivity contribution in [3.05, 3.63) is 52.8 Å². The molecule has 2 N–H and O–H groups in total. The topological polar surface area (TPSA) is 89.1 Å². The van der Waals surface area contributed by atoms with Crippen LogP contribution in [0.3, 0.4) is 0 Å². The van der Waals surface area contributed by atoms with Crippen LogP contribution in [-0.4, -0.2) is 35.1 Å². The molecule has 0 fully saturated rings. The molecule has 10 heteroatoms. The minimum Gasteiger partial charge on any atom is -0.493 e. The molecule has 0 aliphatic carbocycles. The van der Waals surface area contributed by atoms with Gasteiger partial charge in [-0.05, 0) is 43.3 Å². The van der Waals surface area contributed by atoms with E-state index in [4.69, 9.17) is 9.47 Å². The van der Waals surface area contributed by atoms with E-state index in [1.54, 1.807) is 51.5 Å². The maximum atomic E-state index is 12.8. The van der Waals surface area contributed by atoms with Gasteiger partial charge in [-0.25, -0.2) is 18.7 Å². The third-order valence-electron chi connectivity index (χ3n) is 4.60. The molecule has 31 heavy (non-hydrogen) atoms. The summed E-state index contributed by atoms with van der Waals surface area (Å²) in [5.74, 6) is 0.419. The number of imidazole rings is 1. The van der Waals surface area contributed by atoms with Crippen LogP contribution in [0.1, 0.15) is 27.6 Å². The van der Waals surface area contributed by atoms with Gasteiger partial charge in [-0.3, -0.25) is 4.79 Å². The number of carbonyl (C=O) groups excluding carboxylic acids is 1. The first-order chi connectivity index (χ1) is 14.9. The lowest BCUT2D eigenvalue weighted by atomic mass is 10.2. The quantitative estimate of drug-likeness (QED) is 0.427. The number of halogens is 2. The Morgan fingerprint density at radius 3 is 2.58 bits per heavy atom. The minimum atomic E-state index is -2.69. The summed E-state index contributed by atoms with van der Waals surface area (Å²) in [6.45, 7) is 1.75. The monoisotopic (exact) mass is 444 g/mol. The SMILES string of the molecule is COc1ccc(-c2nc(C)c(C(=O)Nc3ccc4nc(C(F)F)[nH]c4c3)s2)cc1OC. The van der Waals surface area contributed by atoms with Crippen LogP contribution >= 0.6 is 11.3 Å². The number of fused-ring (bicyclic) bond motifs is 1. The van der Waals surface area contributed by atoms with Crippen LogP contribution in [0.25, 0.3) is 21.6 Å². The summed E-state index contributed by atoms with van der Waals surface area (Å²) in [5.41, 5.74) is 2.65. The summed E-state index contributed by atoms with van der Waals surface area (Å²) in [5, 5.41) is 3.45. The number of aromatic amines is 1. The highest BCUT2D eigenvalue weighted by Gasteiger charge is 2.18. The van der Waals surface area contributed by atoms with Gasteiger partial charge < -0.3 is 19.8 Å². The summed E-state index contributed by atoms with van der Waals surface area (Å²) in [6, 6.07) is 10.2. The number of hydrogen-bond donors (Lipinski definition) is 2. The molecule has 4 rings (SSSR count). The molecule has 0 unspecified atom stereocenters. The average molecular weight is 444 g/mol. The van der Waals surface area contributed by atoms with E-state index in [1.165, 1.54) is 11.3 Å². The molecule has 2 aromatic heterocycles. The zero-order valence-electron chi connectivity index (χ0n) is 16.8. The molecule has 0 aliphatic heterocycles. The minimum absolute atomic E-state index is 0.338. The first-order valence-corrected chi connectivity index (χ1v) is 10.00. The number of nitrogens with one attached hydrogen (secondary N) is 2. The van der Waals surface area contributed by atoms with Crippen molar-refractivity contribution in [2.45, 2.75) is 13.3 Å². The molecule has 0 spiro atoms. The lowest BCUT2D eigenvalue weighted by molar-refractivity contribution is 0.102. The third kappa shape index (κ3) is 4.06. The Kier molecular flexibility index (Phi) is 5.55. The maximum absolute atomic E-state index is 12.8. The van der Waals surface area contributed by atoms with Crippen molar-refractivity contribution in [1.29, 1.82) is 0 Å². The van der Waals surface area contributed by atoms with Crippen LogP contribution in [-0.2, 0) is 0 Å². The lowest BCUT2D eigenvalue weighted by Crippen LogP contribution is -2.11. The van der Waals surface area contributed by atoms with Gasteiger partial charge in [0.2, 0.25) is 0 Å². The van der Waals surface area contributed by atoms with Gasteiger partial charge in [-0.15, -0.1) is 11.3 Å². The van der Waals surface area contributed by atoms with Crippen LogP contribution in [0.15, 0.2) is 36.4 Å². The van der Waals surface area contributed by atoms with E-state index in [0.717, 1.165) is 5.56 Å².